The summed E-state index contributed by atoms with van der Waals surface area (Å²) in [7, 11) is 0. The first-order valence-electron chi connectivity index (χ1n) is 13.3. The van der Waals surface area contributed by atoms with Gasteiger partial charge in [-0.15, -0.1) is 0 Å². The van der Waals surface area contributed by atoms with Gasteiger partial charge in [-0.25, -0.2) is 0 Å². The van der Waals surface area contributed by atoms with Crippen LogP contribution in [0.15, 0.2) is 36.4 Å². The predicted molar refractivity (Wildman–Crippen MR) is 140 cm³/mol. The molecule has 0 spiro atoms. The van der Waals surface area contributed by atoms with Crippen molar-refractivity contribution in [1.29, 1.82) is 0 Å². The van der Waals surface area contributed by atoms with Crippen LogP contribution in [0.2, 0.25) is 0 Å². The summed E-state index contributed by atoms with van der Waals surface area (Å²) >= 11 is 0. The molecule has 0 radical (unpaired) electrons. The molecule has 2 aromatic rings. The van der Waals surface area contributed by atoms with Gasteiger partial charge in [0.25, 0.3) is 6.47 Å². The summed E-state index contributed by atoms with van der Waals surface area (Å²) in [6, 6.07) is 14.0. The van der Waals surface area contributed by atoms with Gasteiger partial charge in [0.1, 0.15) is 6.61 Å². The van der Waals surface area contributed by atoms with E-state index >= 15 is 0 Å². The Kier molecular flexibility index (Phi) is 10.0. The quantitative estimate of drug-likeness (QED) is 0.202. The molecule has 2 heteroatoms. The van der Waals surface area contributed by atoms with Crippen molar-refractivity contribution in [3.05, 3.63) is 58.7 Å². The van der Waals surface area contributed by atoms with Gasteiger partial charge in [-0.05, 0) is 70.9 Å². The van der Waals surface area contributed by atoms with Gasteiger partial charge in [-0.2, -0.15) is 0 Å². The van der Waals surface area contributed by atoms with E-state index < -0.39 is 0 Å². The number of aryl methyl sites for hydroxylation is 2. The summed E-state index contributed by atoms with van der Waals surface area (Å²) in [6.07, 6.45) is 12.6. The van der Waals surface area contributed by atoms with Gasteiger partial charge >= 0.3 is 0 Å². The lowest BCUT2D eigenvalue weighted by molar-refractivity contribution is -0.128. The van der Waals surface area contributed by atoms with Crippen molar-refractivity contribution in [3.63, 3.8) is 0 Å². The third-order valence-electron chi connectivity index (χ3n) is 7.10. The standard InChI is InChI=1S/C31H44O2/c1-23(2)11-7-5-9-13-25-15-17-27-28-18-16-26(14-10-6-8-12-24(3)4)20-30(28)31(21-33-22-32)29(27)19-25/h15-20,22-24,31H,5-14,21H2,1-4H3. The number of hydrogen-bond acceptors (Lipinski definition) is 2. The average Bonchev–Trinajstić information content (AvgIpc) is 3.09. The highest BCUT2D eigenvalue weighted by Gasteiger charge is 2.29. The number of ether oxygens (including phenoxy) is 1. The van der Waals surface area contributed by atoms with Gasteiger partial charge < -0.3 is 4.74 Å². The second-order valence-corrected chi connectivity index (χ2v) is 10.8. The third kappa shape index (κ3) is 7.45. The zero-order valence-corrected chi connectivity index (χ0v) is 21.4. The van der Waals surface area contributed by atoms with Gasteiger partial charge in [0, 0.05) is 5.92 Å². The van der Waals surface area contributed by atoms with Gasteiger partial charge in [-0.3, -0.25) is 4.79 Å². The van der Waals surface area contributed by atoms with Crippen LogP contribution < -0.4 is 0 Å². The lowest BCUT2D eigenvalue weighted by Gasteiger charge is -2.14. The Morgan fingerprint density at radius 2 is 1.21 bits per heavy atom. The highest BCUT2D eigenvalue weighted by atomic mass is 16.5. The van der Waals surface area contributed by atoms with E-state index in [1.165, 1.54) is 84.7 Å². The molecule has 0 aromatic heterocycles. The lowest BCUT2D eigenvalue weighted by atomic mass is 9.93. The van der Waals surface area contributed by atoms with E-state index in [9.17, 15) is 4.79 Å². The molecule has 0 atom stereocenters. The van der Waals surface area contributed by atoms with Gasteiger partial charge in [0.05, 0.1) is 0 Å². The summed E-state index contributed by atoms with van der Waals surface area (Å²) in [6.45, 7) is 10.2. The minimum atomic E-state index is 0.155. The maximum absolute atomic E-state index is 11.0. The molecule has 3 rings (SSSR count). The zero-order chi connectivity index (χ0) is 23.6. The van der Waals surface area contributed by atoms with E-state index in [1.807, 2.05) is 0 Å². The molecule has 0 fully saturated rings. The van der Waals surface area contributed by atoms with Crippen molar-refractivity contribution >= 4 is 6.47 Å². The largest absolute Gasteiger partial charge is 0.467 e. The Labute approximate surface area is 202 Å². The highest BCUT2D eigenvalue weighted by Crippen LogP contribution is 2.45. The van der Waals surface area contributed by atoms with E-state index in [1.54, 1.807) is 0 Å². The molecule has 180 valence electrons. The maximum atomic E-state index is 11.0. The first kappa shape index (κ1) is 25.5. The molecule has 0 saturated carbocycles. The monoisotopic (exact) mass is 448 g/mol. The van der Waals surface area contributed by atoms with Gasteiger partial charge in [0.15, 0.2) is 0 Å². The number of unbranched alkanes of at least 4 members (excludes halogenated alkanes) is 4. The number of benzene rings is 2. The van der Waals surface area contributed by atoms with Crippen LogP contribution in [-0.2, 0) is 22.4 Å². The van der Waals surface area contributed by atoms with Gasteiger partial charge in [-0.1, -0.05) is 103 Å². The van der Waals surface area contributed by atoms with E-state index in [2.05, 4.69) is 64.1 Å². The zero-order valence-electron chi connectivity index (χ0n) is 21.4. The number of carbonyl (C=O) groups is 1. The molecule has 0 bridgehead atoms. The normalized spacial score (nSPS) is 12.9. The average molecular weight is 449 g/mol. The van der Waals surface area contributed by atoms with Crippen LogP contribution in [-0.4, -0.2) is 13.1 Å². The van der Waals surface area contributed by atoms with Crippen LogP contribution in [0.5, 0.6) is 0 Å². The molecule has 2 nitrogen and oxygen atoms in total. The number of carbonyl (C=O) groups excluding carboxylic acids is 1. The van der Waals surface area contributed by atoms with Crippen LogP contribution in [0, 0.1) is 11.8 Å². The van der Waals surface area contributed by atoms with Crippen LogP contribution in [0.3, 0.4) is 0 Å². The van der Waals surface area contributed by atoms with Crippen LogP contribution in [0.1, 0.15) is 107 Å². The topological polar surface area (TPSA) is 26.3 Å². The number of hydrogen-bond donors (Lipinski definition) is 0. The third-order valence-corrected chi connectivity index (χ3v) is 7.10. The molecule has 1 aliphatic rings. The molecule has 2 aromatic carbocycles. The SMILES string of the molecule is CC(C)CCCCCc1ccc2c(c1)C(COC=O)c1cc(CCCCCC(C)C)ccc1-2. The summed E-state index contributed by atoms with van der Waals surface area (Å²) < 4.78 is 5.30. The molecule has 0 amide bonds. The summed E-state index contributed by atoms with van der Waals surface area (Å²) in [5.41, 5.74) is 8.12. The highest BCUT2D eigenvalue weighted by molar-refractivity contribution is 5.79. The summed E-state index contributed by atoms with van der Waals surface area (Å²) in [5, 5.41) is 0. The van der Waals surface area contributed by atoms with Crippen molar-refractivity contribution < 1.29 is 9.53 Å². The summed E-state index contributed by atoms with van der Waals surface area (Å²) in [5.74, 6) is 1.75. The fraction of sp³-hybridized carbons (Fsp3) is 0.581. The lowest BCUT2D eigenvalue weighted by Crippen LogP contribution is -2.07. The Hall–Kier alpha value is -2.09. The number of fused-ring (bicyclic) bond motifs is 3. The molecule has 33 heavy (non-hydrogen) atoms. The minimum Gasteiger partial charge on any atom is -0.467 e. The van der Waals surface area contributed by atoms with Crippen molar-refractivity contribution in [2.75, 3.05) is 6.61 Å². The molecule has 0 N–H and O–H groups in total. The van der Waals surface area contributed by atoms with Gasteiger partial charge in [0.2, 0.25) is 0 Å². The first-order valence-corrected chi connectivity index (χ1v) is 13.3. The fourth-order valence-electron chi connectivity index (χ4n) is 5.20. The van der Waals surface area contributed by atoms with E-state index in [-0.39, 0.29) is 5.92 Å². The van der Waals surface area contributed by atoms with Crippen molar-refractivity contribution in [2.24, 2.45) is 11.8 Å². The molecule has 0 saturated heterocycles. The number of rotatable bonds is 15. The fourth-order valence-corrected chi connectivity index (χ4v) is 5.20. The van der Waals surface area contributed by atoms with Crippen LogP contribution in [0.25, 0.3) is 11.1 Å². The second-order valence-electron chi connectivity index (χ2n) is 10.8. The molecule has 1 aliphatic carbocycles. The second kappa shape index (κ2) is 13.0. The molecule has 0 heterocycles. The minimum absolute atomic E-state index is 0.155. The van der Waals surface area contributed by atoms with E-state index in [0.717, 1.165) is 24.7 Å². The Bertz CT molecular complexity index is 813. The maximum Gasteiger partial charge on any atom is 0.293 e. The van der Waals surface area contributed by atoms with Crippen molar-refractivity contribution in [2.45, 2.75) is 97.8 Å². The van der Waals surface area contributed by atoms with Crippen LogP contribution in [0.4, 0.5) is 0 Å². The molecule has 0 aliphatic heterocycles. The first-order chi connectivity index (χ1) is 16.0. The van der Waals surface area contributed by atoms with Crippen molar-refractivity contribution in [3.8, 4) is 11.1 Å². The predicted octanol–water partition coefficient (Wildman–Crippen LogP) is 8.49. The van der Waals surface area contributed by atoms with E-state index in [0.29, 0.717) is 13.1 Å². The molecule has 0 unspecified atom stereocenters. The summed E-state index contributed by atoms with van der Waals surface area (Å²) in [4.78, 5) is 11.0. The van der Waals surface area contributed by atoms with Crippen molar-refractivity contribution in [1.82, 2.24) is 0 Å². The molecular weight excluding hydrogens is 404 g/mol. The smallest absolute Gasteiger partial charge is 0.293 e. The van der Waals surface area contributed by atoms with Crippen LogP contribution >= 0.6 is 0 Å². The Morgan fingerprint density at radius 1 is 0.727 bits per heavy atom. The Morgan fingerprint density at radius 3 is 1.64 bits per heavy atom. The molecular formula is C31H44O2. The van der Waals surface area contributed by atoms with E-state index in [4.69, 9.17) is 4.74 Å². The Balaban J connectivity index is 1.68.